The third kappa shape index (κ3) is 3.77. The van der Waals surface area contributed by atoms with E-state index < -0.39 is 17.6 Å². The van der Waals surface area contributed by atoms with E-state index in [0.29, 0.717) is 23.6 Å². The van der Waals surface area contributed by atoms with Crippen LogP contribution in [0.15, 0.2) is 48.2 Å². The van der Waals surface area contributed by atoms with Gasteiger partial charge in [0.15, 0.2) is 5.82 Å². The summed E-state index contributed by atoms with van der Waals surface area (Å²) in [5.74, 6) is 5.94. The van der Waals surface area contributed by atoms with Crippen LogP contribution in [0.1, 0.15) is 27.9 Å². The molecule has 7 nitrogen and oxygen atoms in total. The average Bonchev–Trinajstić information content (AvgIpc) is 2.67. The molecule has 0 radical (unpaired) electrons. The van der Waals surface area contributed by atoms with E-state index in [0.717, 1.165) is 6.07 Å². The Kier molecular flexibility index (Phi) is 5.23. The molecule has 148 valence electrons. The van der Waals surface area contributed by atoms with Crippen molar-refractivity contribution in [2.75, 3.05) is 18.1 Å². The highest BCUT2D eigenvalue weighted by Gasteiger charge is 2.34. The zero-order chi connectivity index (χ0) is 20.5. The first-order valence-electron chi connectivity index (χ1n) is 8.44. The molecule has 0 saturated heterocycles. The summed E-state index contributed by atoms with van der Waals surface area (Å²) in [4.78, 5) is 22.3. The minimum absolute atomic E-state index is 0.00426. The summed E-state index contributed by atoms with van der Waals surface area (Å²) in [6.45, 7) is 1.61. The van der Waals surface area contributed by atoms with Crippen LogP contribution < -0.4 is 16.6 Å². The van der Waals surface area contributed by atoms with Crippen molar-refractivity contribution < 1.29 is 18.0 Å². The van der Waals surface area contributed by atoms with Gasteiger partial charge < -0.3 is 10.6 Å². The quantitative estimate of drug-likeness (QED) is 0.613. The Hall–Kier alpha value is -3.14. The monoisotopic (exact) mass is 392 g/mol. The molecule has 0 aliphatic carbocycles. The molecule has 2 aromatic rings. The van der Waals surface area contributed by atoms with Gasteiger partial charge in [0.25, 0.3) is 5.91 Å². The summed E-state index contributed by atoms with van der Waals surface area (Å²) in [5, 5.41) is 1.31. The number of nitrogens with two attached hydrogens (primary N) is 2. The lowest BCUT2D eigenvalue weighted by Crippen LogP contribution is -2.44. The SMILES string of the molecule is Cc1c(C(=O)N2CCC(N(N)c3cnccn3)=C(N)C2)cccc1C(F)(F)F. The molecule has 3 rings (SSSR count). The molecule has 1 amide bonds. The first kappa shape index (κ1) is 19.6. The smallest absolute Gasteiger partial charge is 0.399 e. The zero-order valence-corrected chi connectivity index (χ0v) is 15.1. The van der Waals surface area contributed by atoms with Gasteiger partial charge in [-0.15, -0.1) is 0 Å². The van der Waals surface area contributed by atoms with Gasteiger partial charge in [-0.3, -0.25) is 14.8 Å². The molecule has 0 unspecified atom stereocenters. The molecule has 1 aromatic heterocycles. The fraction of sp³-hybridized carbons (Fsp3) is 0.278. The highest BCUT2D eigenvalue weighted by atomic mass is 19.4. The van der Waals surface area contributed by atoms with Crippen molar-refractivity contribution >= 4 is 11.7 Å². The van der Waals surface area contributed by atoms with Crippen LogP contribution in [0.3, 0.4) is 0 Å². The van der Waals surface area contributed by atoms with Gasteiger partial charge in [-0.1, -0.05) is 6.07 Å². The maximum atomic E-state index is 13.1. The highest BCUT2D eigenvalue weighted by Crippen LogP contribution is 2.33. The van der Waals surface area contributed by atoms with Crippen molar-refractivity contribution in [2.45, 2.75) is 19.5 Å². The Morgan fingerprint density at radius 1 is 1.29 bits per heavy atom. The lowest BCUT2D eigenvalue weighted by Gasteiger charge is -2.33. The predicted molar refractivity (Wildman–Crippen MR) is 96.6 cm³/mol. The number of anilines is 1. The molecule has 0 bridgehead atoms. The lowest BCUT2D eigenvalue weighted by molar-refractivity contribution is -0.138. The topological polar surface area (TPSA) is 101 Å². The second kappa shape index (κ2) is 7.47. The Morgan fingerprint density at radius 3 is 2.64 bits per heavy atom. The van der Waals surface area contributed by atoms with Gasteiger partial charge in [0, 0.05) is 36.6 Å². The summed E-state index contributed by atoms with van der Waals surface area (Å²) in [6, 6.07) is 3.58. The van der Waals surface area contributed by atoms with Gasteiger partial charge in [-0.2, -0.15) is 13.2 Å². The lowest BCUT2D eigenvalue weighted by atomic mass is 10.00. The third-order valence-electron chi connectivity index (χ3n) is 4.59. The van der Waals surface area contributed by atoms with Crippen LogP contribution in [-0.4, -0.2) is 33.9 Å². The zero-order valence-electron chi connectivity index (χ0n) is 15.1. The fourth-order valence-corrected chi connectivity index (χ4v) is 3.12. The van der Waals surface area contributed by atoms with E-state index in [4.69, 9.17) is 11.6 Å². The molecule has 0 saturated carbocycles. The van der Waals surface area contributed by atoms with Crippen LogP contribution in [-0.2, 0) is 6.18 Å². The van der Waals surface area contributed by atoms with Crippen LogP contribution in [0.5, 0.6) is 0 Å². The van der Waals surface area contributed by atoms with Crippen molar-refractivity contribution in [3.05, 3.63) is 64.9 Å². The minimum atomic E-state index is -4.52. The van der Waals surface area contributed by atoms with Crippen molar-refractivity contribution in [1.82, 2.24) is 14.9 Å². The highest BCUT2D eigenvalue weighted by molar-refractivity contribution is 5.96. The summed E-state index contributed by atoms with van der Waals surface area (Å²) < 4.78 is 39.3. The maximum Gasteiger partial charge on any atom is 0.416 e. The van der Waals surface area contributed by atoms with E-state index in [9.17, 15) is 18.0 Å². The van der Waals surface area contributed by atoms with Crippen molar-refractivity contribution in [3.63, 3.8) is 0 Å². The summed E-state index contributed by atoms with van der Waals surface area (Å²) in [5.41, 5.74) is 6.11. The number of alkyl halides is 3. The Labute approximate surface area is 159 Å². The van der Waals surface area contributed by atoms with E-state index in [-0.39, 0.29) is 24.2 Å². The van der Waals surface area contributed by atoms with Crippen LogP contribution >= 0.6 is 0 Å². The second-order valence-electron chi connectivity index (χ2n) is 6.36. The predicted octanol–water partition coefficient (Wildman–Crippen LogP) is 2.20. The molecule has 10 heteroatoms. The number of benzene rings is 1. The average molecular weight is 392 g/mol. The molecule has 0 atom stereocenters. The third-order valence-corrected chi connectivity index (χ3v) is 4.59. The molecule has 28 heavy (non-hydrogen) atoms. The minimum Gasteiger partial charge on any atom is -0.399 e. The normalized spacial score (nSPS) is 15.0. The Bertz CT molecular complexity index is 913. The molecule has 0 fully saturated rings. The standard InChI is InChI=1S/C18H19F3N6O/c1-11-12(3-2-4-13(11)18(19,20)21)17(28)26-8-5-15(14(22)10-26)27(23)16-9-24-6-7-25-16/h2-4,6-7,9H,5,8,10,22-23H2,1H3. The van der Waals surface area contributed by atoms with Gasteiger partial charge in [-0.05, 0) is 24.6 Å². The van der Waals surface area contributed by atoms with E-state index in [1.165, 1.54) is 47.6 Å². The largest absolute Gasteiger partial charge is 0.416 e. The molecule has 1 aliphatic rings. The van der Waals surface area contributed by atoms with Crippen molar-refractivity contribution in [2.24, 2.45) is 11.6 Å². The number of aromatic nitrogens is 2. The fourth-order valence-electron chi connectivity index (χ4n) is 3.12. The molecular formula is C18H19F3N6O. The molecule has 1 aromatic carbocycles. The number of hydrogen-bond acceptors (Lipinski definition) is 6. The molecule has 1 aliphatic heterocycles. The number of carbonyl (C=O) groups excluding carboxylic acids is 1. The van der Waals surface area contributed by atoms with Crippen LogP contribution in [0.25, 0.3) is 0 Å². The number of halogens is 3. The van der Waals surface area contributed by atoms with E-state index >= 15 is 0 Å². The van der Waals surface area contributed by atoms with Gasteiger partial charge in [0.05, 0.1) is 24.0 Å². The molecule has 4 N–H and O–H groups in total. The van der Waals surface area contributed by atoms with Crippen LogP contribution in [0.4, 0.5) is 19.0 Å². The van der Waals surface area contributed by atoms with E-state index in [1.54, 1.807) is 0 Å². The molecule has 2 heterocycles. The first-order chi connectivity index (χ1) is 13.2. The molecular weight excluding hydrogens is 373 g/mol. The summed E-state index contributed by atoms with van der Waals surface area (Å²) >= 11 is 0. The van der Waals surface area contributed by atoms with E-state index in [1.807, 2.05) is 0 Å². The first-order valence-corrected chi connectivity index (χ1v) is 8.44. The second-order valence-corrected chi connectivity index (χ2v) is 6.36. The van der Waals surface area contributed by atoms with Crippen molar-refractivity contribution in [1.29, 1.82) is 0 Å². The Morgan fingerprint density at radius 2 is 2.04 bits per heavy atom. The van der Waals surface area contributed by atoms with Gasteiger partial charge in [-0.25, -0.2) is 10.8 Å². The van der Waals surface area contributed by atoms with E-state index in [2.05, 4.69) is 9.97 Å². The van der Waals surface area contributed by atoms with Gasteiger partial charge in [0.1, 0.15) is 0 Å². The number of amides is 1. The Balaban J connectivity index is 1.83. The van der Waals surface area contributed by atoms with Crippen molar-refractivity contribution in [3.8, 4) is 0 Å². The summed E-state index contributed by atoms with van der Waals surface area (Å²) in [7, 11) is 0. The number of hydrogen-bond donors (Lipinski definition) is 2. The summed E-state index contributed by atoms with van der Waals surface area (Å²) in [6.07, 6.45) is 0.284. The van der Waals surface area contributed by atoms with Crippen LogP contribution in [0, 0.1) is 6.92 Å². The maximum absolute atomic E-state index is 13.1. The number of rotatable bonds is 3. The van der Waals surface area contributed by atoms with Crippen LogP contribution in [0.2, 0.25) is 0 Å². The number of hydrazine groups is 1. The molecule has 0 spiro atoms. The number of nitrogens with zero attached hydrogens (tertiary/aromatic N) is 4. The number of carbonyl (C=O) groups is 1. The van der Waals surface area contributed by atoms with Gasteiger partial charge in [0.2, 0.25) is 0 Å². The van der Waals surface area contributed by atoms with Gasteiger partial charge >= 0.3 is 6.18 Å².